The average Bonchev–Trinajstić information content (AvgIpc) is 2.47. The number of nitrogens with two attached hydrogens (primary N) is 1. The van der Waals surface area contributed by atoms with Crippen molar-refractivity contribution in [2.45, 2.75) is 24.8 Å². The Bertz CT molecular complexity index is 583. The first-order valence-electron chi connectivity index (χ1n) is 6.69. The van der Waals surface area contributed by atoms with Gasteiger partial charge >= 0.3 is 0 Å². The molecule has 0 aliphatic rings. The van der Waals surface area contributed by atoms with Gasteiger partial charge in [0.2, 0.25) is 0 Å². The smallest absolute Gasteiger partial charge is 0.119 e. The van der Waals surface area contributed by atoms with E-state index in [4.69, 9.17) is 10.5 Å². The number of hydrogen-bond donors (Lipinski definition) is 1. The van der Waals surface area contributed by atoms with Crippen molar-refractivity contribution in [2.75, 3.05) is 12.9 Å². The predicted molar refractivity (Wildman–Crippen MR) is 86.6 cm³/mol. The highest BCUT2D eigenvalue weighted by atomic mass is 32.2. The minimum Gasteiger partial charge on any atom is -0.497 e. The number of aryl methyl sites for hydroxylation is 2. The number of rotatable bonds is 5. The summed E-state index contributed by atoms with van der Waals surface area (Å²) in [5, 5.41) is 0. The van der Waals surface area contributed by atoms with Gasteiger partial charge in [-0.15, -0.1) is 11.8 Å². The molecule has 2 nitrogen and oxygen atoms in total. The van der Waals surface area contributed by atoms with Gasteiger partial charge in [0.1, 0.15) is 5.75 Å². The second-order valence-electron chi connectivity index (χ2n) is 4.96. The summed E-state index contributed by atoms with van der Waals surface area (Å²) >= 11 is 1.76. The molecular weight excluding hydrogens is 266 g/mol. The summed E-state index contributed by atoms with van der Waals surface area (Å²) in [6, 6.07) is 14.6. The van der Waals surface area contributed by atoms with Crippen LogP contribution in [0.15, 0.2) is 47.4 Å². The van der Waals surface area contributed by atoms with E-state index >= 15 is 0 Å². The maximum Gasteiger partial charge on any atom is 0.119 e. The van der Waals surface area contributed by atoms with Crippen LogP contribution in [0.2, 0.25) is 0 Å². The number of ether oxygens (including phenoxy) is 1. The lowest BCUT2D eigenvalue weighted by atomic mass is 10.0. The summed E-state index contributed by atoms with van der Waals surface area (Å²) in [5.41, 5.74) is 10.1. The van der Waals surface area contributed by atoms with Crippen molar-refractivity contribution in [3.05, 3.63) is 59.2 Å². The molecule has 106 valence electrons. The van der Waals surface area contributed by atoms with Gasteiger partial charge in [0.15, 0.2) is 0 Å². The van der Waals surface area contributed by atoms with Crippen molar-refractivity contribution in [1.29, 1.82) is 0 Å². The zero-order valence-electron chi connectivity index (χ0n) is 12.2. The van der Waals surface area contributed by atoms with Gasteiger partial charge in [-0.1, -0.05) is 29.8 Å². The van der Waals surface area contributed by atoms with Crippen LogP contribution in [0.25, 0.3) is 0 Å². The van der Waals surface area contributed by atoms with Gasteiger partial charge in [0, 0.05) is 16.7 Å². The fourth-order valence-corrected chi connectivity index (χ4v) is 3.05. The van der Waals surface area contributed by atoms with Gasteiger partial charge in [0.25, 0.3) is 0 Å². The van der Waals surface area contributed by atoms with E-state index < -0.39 is 0 Å². The van der Waals surface area contributed by atoms with Crippen molar-refractivity contribution in [2.24, 2.45) is 5.73 Å². The zero-order chi connectivity index (χ0) is 14.5. The molecule has 2 N–H and O–H groups in total. The van der Waals surface area contributed by atoms with Crippen molar-refractivity contribution < 1.29 is 4.74 Å². The Morgan fingerprint density at radius 2 is 1.95 bits per heavy atom. The Kier molecular flexibility index (Phi) is 5.10. The number of hydrogen-bond acceptors (Lipinski definition) is 3. The Labute approximate surface area is 125 Å². The molecule has 0 fully saturated rings. The van der Waals surface area contributed by atoms with E-state index in [0.717, 1.165) is 11.5 Å². The molecule has 0 amide bonds. The minimum absolute atomic E-state index is 0.0473. The van der Waals surface area contributed by atoms with E-state index in [1.807, 2.05) is 18.2 Å². The Hall–Kier alpha value is -1.45. The molecule has 0 saturated heterocycles. The third kappa shape index (κ3) is 3.78. The third-order valence-corrected chi connectivity index (χ3v) is 4.42. The molecule has 1 atom stereocenters. The number of methoxy groups -OCH3 is 1. The lowest BCUT2D eigenvalue weighted by Crippen LogP contribution is -2.14. The van der Waals surface area contributed by atoms with Gasteiger partial charge in [-0.25, -0.2) is 0 Å². The van der Waals surface area contributed by atoms with Gasteiger partial charge in [0.05, 0.1) is 7.11 Å². The molecule has 3 heteroatoms. The van der Waals surface area contributed by atoms with Gasteiger partial charge in [-0.3, -0.25) is 0 Å². The Balaban J connectivity index is 2.04. The third-order valence-electron chi connectivity index (χ3n) is 3.30. The molecule has 1 unspecified atom stereocenters. The van der Waals surface area contributed by atoms with E-state index in [0.29, 0.717) is 0 Å². The molecule has 2 aromatic rings. The van der Waals surface area contributed by atoms with Crippen molar-refractivity contribution >= 4 is 11.8 Å². The van der Waals surface area contributed by atoms with E-state index in [9.17, 15) is 0 Å². The largest absolute Gasteiger partial charge is 0.497 e. The van der Waals surface area contributed by atoms with Crippen molar-refractivity contribution in [3.8, 4) is 5.75 Å². The second kappa shape index (κ2) is 6.82. The van der Waals surface area contributed by atoms with Crippen LogP contribution in [-0.4, -0.2) is 12.9 Å². The van der Waals surface area contributed by atoms with Gasteiger partial charge < -0.3 is 10.5 Å². The molecule has 0 aromatic heterocycles. The summed E-state index contributed by atoms with van der Waals surface area (Å²) in [6.45, 7) is 4.22. The highest BCUT2D eigenvalue weighted by Gasteiger charge is 2.10. The van der Waals surface area contributed by atoms with Crippen LogP contribution in [0, 0.1) is 13.8 Å². The molecule has 0 saturated carbocycles. The van der Waals surface area contributed by atoms with E-state index in [1.165, 1.54) is 21.6 Å². The molecular formula is C17H21NOS. The van der Waals surface area contributed by atoms with Crippen LogP contribution < -0.4 is 10.5 Å². The summed E-state index contributed by atoms with van der Waals surface area (Å²) in [6.07, 6.45) is 0. The van der Waals surface area contributed by atoms with E-state index in [2.05, 4.69) is 38.1 Å². The fourth-order valence-electron chi connectivity index (χ4n) is 2.13. The molecule has 2 rings (SSSR count). The number of benzene rings is 2. The second-order valence-corrected chi connectivity index (χ2v) is 6.05. The zero-order valence-corrected chi connectivity index (χ0v) is 13.0. The topological polar surface area (TPSA) is 35.2 Å². The molecule has 20 heavy (non-hydrogen) atoms. The maximum absolute atomic E-state index is 6.33. The first-order valence-corrected chi connectivity index (χ1v) is 7.68. The lowest BCUT2D eigenvalue weighted by Gasteiger charge is -2.15. The van der Waals surface area contributed by atoms with Gasteiger partial charge in [-0.2, -0.15) is 0 Å². The van der Waals surface area contributed by atoms with E-state index in [1.54, 1.807) is 18.9 Å². The first-order chi connectivity index (χ1) is 9.60. The van der Waals surface area contributed by atoms with Crippen LogP contribution >= 0.6 is 11.8 Å². The van der Waals surface area contributed by atoms with Crippen molar-refractivity contribution in [1.82, 2.24) is 0 Å². The quantitative estimate of drug-likeness (QED) is 0.841. The first kappa shape index (κ1) is 14.9. The van der Waals surface area contributed by atoms with Crippen LogP contribution in [0.5, 0.6) is 5.75 Å². The van der Waals surface area contributed by atoms with Gasteiger partial charge in [-0.05, 0) is 43.2 Å². The van der Waals surface area contributed by atoms with E-state index in [-0.39, 0.29) is 6.04 Å². The Morgan fingerprint density at radius 3 is 2.70 bits per heavy atom. The standard InChI is InChI=1S/C17H21NOS/c1-12-7-8-13(2)16(9-12)17(18)11-20-15-6-4-5-14(10-15)19-3/h4-10,17H,11,18H2,1-3H3. The maximum atomic E-state index is 6.33. The average molecular weight is 287 g/mol. The summed E-state index contributed by atoms with van der Waals surface area (Å²) in [4.78, 5) is 1.19. The molecule has 0 bridgehead atoms. The SMILES string of the molecule is COc1cccc(SCC(N)c2cc(C)ccc2C)c1. The summed E-state index contributed by atoms with van der Waals surface area (Å²) in [5.74, 6) is 1.74. The van der Waals surface area contributed by atoms with Crippen LogP contribution in [0.3, 0.4) is 0 Å². The molecule has 0 spiro atoms. The molecule has 0 heterocycles. The van der Waals surface area contributed by atoms with Crippen LogP contribution in [0.1, 0.15) is 22.7 Å². The normalized spacial score (nSPS) is 12.2. The molecule has 0 radical (unpaired) electrons. The van der Waals surface area contributed by atoms with Crippen LogP contribution in [-0.2, 0) is 0 Å². The Morgan fingerprint density at radius 1 is 1.15 bits per heavy atom. The fraction of sp³-hybridized carbons (Fsp3) is 0.294. The molecule has 0 aliphatic carbocycles. The lowest BCUT2D eigenvalue weighted by molar-refractivity contribution is 0.413. The molecule has 0 aliphatic heterocycles. The predicted octanol–water partition coefficient (Wildman–Crippen LogP) is 4.10. The van der Waals surface area contributed by atoms with Crippen LogP contribution in [0.4, 0.5) is 0 Å². The monoisotopic (exact) mass is 287 g/mol. The summed E-state index contributed by atoms with van der Waals surface area (Å²) < 4.78 is 5.24. The highest BCUT2D eigenvalue weighted by Crippen LogP contribution is 2.27. The minimum atomic E-state index is 0.0473. The van der Waals surface area contributed by atoms with Crippen molar-refractivity contribution in [3.63, 3.8) is 0 Å². The molecule has 2 aromatic carbocycles. The summed E-state index contributed by atoms with van der Waals surface area (Å²) in [7, 11) is 1.69. The highest BCUT2D eigenvalue weighted by molar-refractivity contribution is 7.99. The number of thioether (sulfide) groups is 1.